The highest BCUT2D eigenvalue weighted by molar-refractivity contribution is 6.31. The molecule has 1 aliphatic heterocycles. The molecule has 0 bridgehead atoms. The predicted molar refractivity (Wildman–Crippen MR) is 130 cm³/mol. The van der Waals surface area contributed by atoms with Crippen LogP contribution in [0.3, 0.4) is 0 Å². The molecule has 3 rings (SSSR count). The first-order valence-electron chi connectivity index (χ1n) is 11.0. The number of hydrogen-bond acceptors (Lipinski definition) is 4. The number of halogens is 1. The monoisotopic (exact) mass is 457 g/mol. The number of nitrogens with zero attached hydrogens (tertiary/aromatic N) is 2. The lowest BCUT2D eigenvalue weighted by atomic mass is 10.1. The van der Waals surface area contributed by atoms with Gasteiger partial charge in [0.2, 0.25) is 5.91 Å². The fraction of sp³-hybridized carbons (Fsp3) is 0.440. The molecule has 0 radical (unpaired) electrons. The summed E-state index contributed by atoms with van der Waals surface area (Å²) in [6.45, 7) is 10.7. The second-order valence-electron chi connectivity index (χ2n) is 8.73. The van der Waals surface area contributed by atoms with Gasteiger partial charge in [-0.2, -0.15) is 0 Å². The lowest BCUT2D eigenvalue weighted by Gasteiger charge is -2.37. The normalized spacial score (nSPS) is 13.9. The zero-order chi connectivity index (χ0) is 23.3. The third-order valence-electron chi connectivity index (χ3n) is 5.48. The molecule has 1 saturated heterocycles. The van der Waals surface area contributed by atoms with Gasteiger partial charge in [-0.3, -0.25) is 9.59 Å². The number of nitrogens with one attached hydrogen (secondary N) is 1. The number of ether oxygens (including phenoxy) is 1. The molecule has 2 aromatic carbocycles. The molecule has 0 aliphatic carbocycles. The van der Waals surface area contributed by atoms with E-state index in [4.69, 9.17) is 16.3 Å². The summed E-state index contributed by atoms with van der Waals surface area (Å²) in [5.41, 5.74) is 3.68. The number of hydrogen-bond donors (Lipinski definition) is 1. The smallest absolute Gasteiger partial charge is 0.262 e. The predicted octanol–water partition coefficient (Wildman–Crippen LogP) is 4.67. The zero-order valence-electron chi connectivity index (χ0n) is 19.3. The molecule has 0 aromatic heterocycles. The summed E-state index contributed by atoms with van der Waals surface area (Å²) in [5.74, 6) is 0.996. The van der Waals surface area contributed by atoms with E-state index in [1.54, 1.807) is 6.07 Å². The molecule has 32 heavy (non-hydrogen) atoms. The van der Waals surface area contributed by atoms with Gasteiger partial charge in [-0.15, -0.1) is 0 Å². The van der Waals surface area contributed by atoms with E-state index in [2.05, 4.69) is 24.1 Å². The summed E-state index contributed by atoms with van der Waals surface area (Å²) in [6.07, 6.45) is 0.572. The van der Waals surface area contributed by atoms with Crippen molar-refractivity contribution in [1.82, 2.24) is 4.90 Å². The fourth-order valence-corrected chi connectivity index (χ4v) is 4.02. The highest BCUT2D eigenvalue weighted by atomic mass is 35.5. The average molecular weight is 458 g/mol. The van der Waals surface area contributed by atoms with Gasteiger partial charge in [0.1, 0.15) is 5.75 Å². The largest absolute Gasteiger partial charge is 0.483 e. The molecule has 2 amide bonds. The first-order chi connectivity index (χ1) is 15.2. The molecule has 1 N–H and O–H groups in total. The van der Waals surface area contributed by atoms with Gasteiger partial charge in [-0.05, 0) is 49.6 Å². The first-order valence-corrected chi connectivity index (χ1v) is 11.4. The van der Waals surface area contributed by atoms with Crippen LogP contribution in [0.25, 0.3) is 0 Å². The molecule has 0 saturated carbocycles. The SMILES string of the molecule is Cc1ccc(OCC(=O)Nc2cc(Cl)ccc2N2CCN(C(=O)CC(C)C)CC2)c(C)c1. The van der Waals surface area contributed by atoms with Crippen LogP contribution in [0.15, 0.2) is 36.4 Å². The molecule has 0 unspecified atom stereocenters. The zero-order valence-corrected chi connectivity index (χ0v) is 20.0. The Morgan fingerprint density at radius 3 is 2.44 bits per heavy atom. The molecule has 2 aromatic rings. The summed E-state index contributed by atoms with van der Waals surface area (Å²) >= 11 is 6.21. The van der Waals surface area contributed by atoms with Crippen LogP contribution in [-0.4, -0.2) is 49.5 Å². The maximum atomic E-state index is 12.6. The van der Waals surface area contributed by atoms with Gasteiger partial charge in [0.05, 0.1) is 11.4 Å². The maximum Gasteiger partial charge on any atom is 0.262 e. The van der Waals surface area contributed by atoms with Gasteiger partial charge in [-0.1, -0.05) is 43.1 Å². The second kappa shape index (κ2) is 10.7. The van der Waals surface area contributed by atoms with E-state index in [0.29, 0.717) is 55.0 Å². The number of piperazine rings is 1. The Morgan fingerprint density at radius 1 is 1.06 bits per heavy atom. The van der Waals surface area contributed by atoms with E-state index in [-0.39, 0.29) is 18.4 Å². The topological polar surface area (TPSA) is 61.9 Å². The number of anilines is 2. The van der Waals surface area contributed by atoms with Gasteiger partial charge < -0.3 is 19.9 Å². The molecular formula is C25H32ClN3O3. The van der Waals surface area contributed by atoms with E-state index < -0.39 is 0 Å². The van der Waals surface area contributed by atoms with Crippen LogP contribution in [0, 0.1) is 19.8 Å². The van der Waals surface area contributed by atoms with E-state index >= 15 is 0 Å². The van der Waals surface area contributed by atoms with Crippen molar-refractivity contribution in [2.45, 2.75) is 34.1 Å². The molecule has 0 atom stereocenters. The van der Waals surface area contributed by atoms with Crippen LogP contribution in [-0.2, 0) is 9.59 Å². The Morgan fingerprint density at radius 2 is 1.78 bits per heavy atom. The lowest BCUT2D eigenvalue weighted by molar-refractivity contribution is -0.132. The second-order valence-corrected chi connectivity index (χ2v) is 9.17. The first kappa shape index (κ1) is 23.9. The minimum absolute atomic E-state index is 0.0899. The number of aryl methyl sites for hydroxylation is 2. The Balaban J connectivity index is 1.62. The Hall–Kier alpha value is -2.73. The van der Waals surface area contributed by atoms with Crippen molar-refractivity contribution in [1.29, 1.82) is 0 Å². The molecule has 1 fully saturated rings. The number of carbonyl (C=O) groups excluding carboxylic acids is 2. The van der Waals surface area contributed by atoms with E-state index in [0.717, 1.165) is 16.8 Å². The lowest BCUT2D eigenvalue weighted by Crippen LogP contribution is -2.49. The van der Waals surface area contributed by atoms with Crippen LogP contribution in [0.5, 0.6) is 5.75 Å². The van der Waals surface area contributed by atoms with E-state index in [9.17, 15) is 9.59 Å². The van der Waals surface area contributed by atoms with Gasteiger partial charge in [0.25, 0.3) is 5.91 Å². The molecular weight excluding hydrogens is 426 g/mol. The van der Waals surface area contributed by atoms with Crippen molar-refractivity contribution >= 4 is 34.8 Å². The standard InChI is InChI=1S/C25H32ClN3O3/c1-17(2)13-25(31)29-11-9-28(10-12-29)22-7-6-20(26)15-21(22)27-24(30)16-32-23-8-5-18(3)14-19(23)4/h5-8,14-15,17H,9-13,16H2,1-4H3,(H,27,30). The Bertz CT molecular complexity index is 969. The average Bonchev–Trinajstić information content (AvgIpc) is 2.73. The van der Waals surface area contributed by atoms with Crippen LogP contribution < -0.4 is 15.0 Å². The van der Waals surface area contributed by atoms with Crippen LogP contribution in [0.2, 0.25) is 5.02 Å². The summed E-state index contributed by atoms with van der Waals surface area (Å²) in [4.78, 5) is 29.1. The maximum absolute atomic E-state index is 12.6. The molecule has 7 heteroatoms. The quantitative estimate of drug-likeness (QED) is 0.656. The van der Waals surface area contributed by atoms with Crippen molar-refractivity contribution in [2.75, 3.05) is 43.0 Å². The number of rotatable bonds is 7. The molecule has 0 spiro atoms. The summed E-state index contributed by atoms with van der Waals surface area (Å²) in [5, 5.41) is 3.49. The minimum atomic E-state index is -0.251. The van der Waals surface area contributed by atoms with Crippen molar-refractivity contribution in [3.8, 4) is 5.75 Å². The van der Waals surface area contributed by atoms with Crippen LogP contribution in [0.1, 0.15) is 31.4 Å². The number of carbonyl (C=O) groups is 2. The molecule has 1 heterocycles. The summed E-state index contributed by atoms with van der Waals surface area (Å²) < 4.78 is 5.71. The summed E-state index contributed by atoms with van der Waals surface area (Å²) in [6, 6.07) is 11.3. The van der Waals surface area contributed by atoms with Gasteiger partial charge in [0, 0.05) is 37.6 Å². The molecule has 1 aliphatic rings. The Kier molecular flexibility index (Phi) is 8.02. The third-order valence-corrected chi connectivity index (χ3v) is 5.71. The summed E-state index contributed by atoms with van der Waals surface area (Å²) in [7, 11) is 0. The van der Waals surface area contributed by atoms with Crippen molar-refractivity contribution < 1.29 is 14.3 Å². The van der Waals surface area contributed by atoms with Gasteiger partial charge in [-0.25, -0.2) is 0 Å². The van der Waals surface area contributed by atoms with Crippen molar-refractivity contribution in [2.24, 2.45) is 5.92 Å². The van der Waals surface area contributed by atoms with E-state index in [1.165, 1.54) is 0 Å². The number of amides is 2. The highest BCUT2D eigenvalue weighted by Crippen LogP contribution is 2.30. The minimum Gasteiger partial charge on any atom is -0.483 e. The van der Waals surface area contributed by atoms with Crippen molar-refractivity contribution in [3.05, 3.63) is 52.5 Å². The molecule has 172 valence electrons. The molecule has 6 nitrogen and oxygen atoms in total. The Labute approximate surface area is 195 Å². The third kappa shape index (κ3) is 6.39. The van der Waals surface area contributed by atoms with E-state index in [1.807, 2.05) is 49.1 Å². The van der Waals surface area contributed by atoms with Gasteiger partial charge >= 0.3 is 0 Å². The number of benzene rings is 2. The van der Waals surface area contributed by atoms with Crippen LogP contribution in [0.4, 0.5) is 11.4 Å². The van der Waals surface area contributed by atoms with Gasteiger partial charge in [0.15, 0.2) is 6.61 Å². The van der Waals surface area contributed by atoms with Crippen LogP contribution >= 0.6 is 11.6 Å². The highest BCUT2D eigenvalue weighted by Gasteiger charge is 2.23. The van der Waals surface area contributed by atoms with Crippen molar-refractivity contribution in [3.63, 3.8) is 0 Å². The fourth-order valence-electron chi connectivity index (χ4n) is 3.85.